The predicted molar refractivity (Wildman–Crippen MR) is 71.3 cm³/mol. The van der Waals surface area contributed by atoms with Gasteiger partial charge in [-0.3, -0.25) is 0 Å². The summed E-state index contributed by atoms with van der Waals surface area (Å²) >= 11 is 3.45. The van der Waals surface area contributed by atoms with E-state index < -0.39 is 0 Å². The van der Waals surface area contributed by atoms with Crippen LogP contribution < -0.4 is 9.47 Å². The maximum absolute atomic E-state index is 5.57. The van der Waals surface area contributed by atoms with Gasteiger partial charge in [0.05, 0.1) is 5.69 Å². The first-order valence-corrected chi connectivity index (χ1v) is 6.61. The van der Waals surface area contributed by atoms with Gasteiger partial charge < -0.3 is 14.5 Å². The standard InChI is InChI=1S/C13H13BrN2O2/c1-8-15-10(13(14)16-8)6-9-2-3-11-12(7-9)18-5-4-17-11/h2-3,7H,4-6H2,1H3,(H,15,16). The lowest BCUT2D eigenvalue weighted by Gasteiger charge is -2.18. The molecule has 94 valence electrons. The number of hydrogen-bond acceptors (Lipinski definition) is 3. The Bertz CT molecular complexity index is 580. The van der Waals surface area contributed by atoms with E-state index in [9.17, 15) is 0 Å². The van der Waals surface area contributed by atoms with Crippen molar-refractivity contribution in [3.05, 3.63) is 39.9 Å². The average molecular weight is 309 g/mol. The fourth-order valence-electron chi connectivity index (χ4n) is 2.03. The van der Waals surface area contributed by atoms with E-state index in [2.05, 4.69) is 32.0 Å². The maximum atomic E-state index is 5.57. The van der Waals surface area contributed by atoms with Gasteiger partial charge in [0.2, 0.25) is 0 Å². The number of fused-ring (bicyclic) bond motifs is 1. The highest BCUT2D eigenvalue weighted by Crippen LogP contribution is 2.31. The lowest BCUT2D eigenvalue weighted by atomic mass is 10.1. The van der Waals surface area contributed by atoms with Crippen molar-refractivity contribution in [3.8, 4) is 11.5 Å². The molecule has 0 aliphatic carbocycles. The van der Waals surface area contributed by atoms with E-state index in [4.69, 9.17) is 9.47 Å². The van der Waals surface area contributed by atoms with E-state index in [-0.39, 0.29) is 0 Å². The molecule has 4 nitrogen and oxygen atoms in total. The van der Waals surface area contributed by atoms with E-state index in [0.29, 0.717) is 13.2 Å². The number of imidazole rings is 1. The summed E-state index contributed by atoms with van der Waals surface area (Å²) in [5.74, 6) is 2.56. The maximum Gasteiger partial charge on any atom is 0.161 e. The smallest absolute Gasteiger partial charge is 0.161 e. The van der Waals surface area contributed by atoms with Crippen LogP contribution in [0.25, 0.3) is 0 Å². The van der Waals surface area contributed by atoms with Gasteiger partial charge in [-0.2, -0.15) is 0 Å². The zero-order valence-corrected chi connectivity index (χ0v) is 11.6. The third-order valence-electron chi connectivity index (χ3n) is 2.83. The largest absolute Gasteiger partial charge is 0.486 e. The molecule has 0 bridgehead atoms. The highest BCUT2D eigenvalue weighted by molar-refractivity contribution is 9.10. The van der Waals surface area contributed by atoms with E-state index in [1.165, 1.54) is 5.56 Å². The van der Waals surface area contributed by atoms with Gasteiger partial charge in [-0.1, -0.05) is 6.07 Å². The predicted octanol–water partition coefficient (Wildman–Crippen LogP) is 2.84. The molecule has 0 spiro atoms. The molecule has 0 saturated carbocycles. The molecule has 0 radical (unpaired) electrons. The molecule has 2 aromatic rings. The Morgan fingerprint density at radius 1 is 1.28 bits per heavy atom. The first kappa shape index (κ1) is 11.6. The number of H-pyrrole nitrogens is 1. The molecule has 18 heavy (non-hydrogen) atoms. The Kier molecular flexibility index (Phi) is 2.99. The number of hydrogen-bond donors (Lipinski definition) is 1. The van der Waals surface area contributed by atoms with Crippen molar-refractivity contribution in [2.24, 2.45) is 0 Å². The molecule has 1 aromatic heterocycles. The topological polar surface area (TPSA) is 47.1 Å². The number of rotatable bonds is 2. The van der Waals surface area contributed by atoms with Crippen LogP contribution in [0.15, 0.2) is 22.8 Å². The minimum Gasteiger partial charge on any atom is -0.486 e. The van der Waals surface area contributed by atoms with Gasteiger partial charge in [-0.25, -0.2) is 4.98 Å². The molecule has 3 rings (SSSR count). The molecular formula is C13H13BrN2O2. The van der Waals surface area contributed by atoms with Gasteiger partial charge in [0.1, 0.15) is 23.6 Å². The van der Waals surface area contributed by atoms with Crippen molar-refractivity contribution < 1.29 is 9.47 Å². The summed E-state index contributed by atoms with van der Waals surface area (Å²) in [5, 5.41) is 0. The van der Waals surface area contributed by atoms with Gasteiger partial charge in [-0.05, 0) is 40.5 Å². The molecule has 1 N–H and O–H groups in total. The second kappa shape index (κ2) is 4.65. The SMILES string of the molecule is Cc1nc(Br)c(Cc2ccc3c(c2)OCCO3)[nH]1. The highest BCUT2D eigenvalue weighted by Gasteiger charge is 2.13. The van der Waals surface area contributed by atoms with Crippen molar-refractivity contribution >= 4 is 15.9 Å². The van der Waals surface area contributed by atoms with Gasteiger partial charge in [0.25, 0.3) is 0 Å². The van der Waals surface area contributed by atoms with Crippen LogP contribution in [0.5, 0.6) is 11.5 Å². The lowest BCUT2D eigenvalue weighted by molar-refractivity contribution is 0.171. The van der Waals surface area contributed by atoms with Gasteiger partial charge in [0, 0.05) is 6.42 Å². The van der Waals surface area contributed by atoms with Crippen LogP contribution in [0.1, 0.15) is 17.1 Å². The highest BCUT2D eigenvalue weighted by atomic mass is 79.9. The quantitative estimate of drug-likeness (QED) is 0.928. The van der Waals surface area contributed by atoms with Crippen LogP contribution in [0.3, 0.4) is 0 Å². The number of nitrogens with zero attached hydrogens (tertiary/aromatic N) is 1. The number of benzene rings is 1. The van der Waals surface area contributed by atoms with Crippen LogP contribution >= 0.6 is 15.9 Å². The van der Waals surface area contributed by atoms with E-state index in [0.717, 1.165) is 34.0 Å². The van der Waals surface area contributed by atoms with Crippen molar-refractivity contribution in [2.45, 2.75) is 13.3 Å². The minimum atomic E-state index is 0.614. The normalized spacial score (nSPS) is 13.7. The molecule has 2 heterocycles. The third kappa shape index (κ3) is 2.22. The number of halogens is 1. The molecule has 1 aromatic carbocycles. The molecule has 1 aliphatic heterocycles. The molecule has 0 amide bonds. The fraction of sp³-hybridized carbons (Fsp3) is 0.308. The minimum absolute atomic E-state index is 0.614. The molecule has 1 aliphatic rings. The van der Waals surface area contributed by atoms with Crippen LogP contribution in [0, 0.1) is 6.92 Å². The van der Waals surface area contributed by atoms with Gasteiger partial charge in [-0.15, -0.1) is 0 Å². The van der Waals surface area contributed by atoms with Gasteiger partial charge in [0.15, 0.2) is 11.5 Å². The lowest BCUT2D eigenvalue weighted by Crippen LogP contribution is -2.15. The Balaban J connectivity index is 1.87. The van der Waals surface area contributed by atoms with E-state index >= 15 is 0 Å². The zero-order valence-electron chi connectivity index (χ0n) is 10.00. The summed E-state index contributed by atoms with van der Waals surface area (Å²) in [5.41, 5.74) is 2.24. The molecule has 5 heteroatoms. The summed E-state index contributed by atoms with van der Waals surface area (Å²) in [6.07, 6.45) is 0.790. The summed E-state index contributed by atoms with van der Waals surface area (Å²) in [4.78, 5) is 7.54. The number of aromatic nitrogens is 2. The molecule has 0 saturated heterocycles. The summed E-state index contributed by atoms with van der Waals surface area (Å²) in [6, 6.07) is 6.04. The van der Waals surface area contributed by atoms with Crippen molar-refractivity contribution in [1.29, 1.82) is 0 Å². The van der Waals surface area contributed by atoms with Gasteiger partial charge >= 0.3 is 0 Å². The number of ether oxygens (including phenoxy) is 2. The number of aromatic amines is 1. The fourth-order valence-corrected chi connectivity index (χ4v) is 2.54. The summed E-state index contributed by atoms with van der Waals surface area (Å²) < 4.78 is 11.9. The van der Waals surface area contributed by atoms with E-state index in [1.54, 1.807) is 0 Å². The second-order valence-corrected chi connectivity index (χ2v) is 5.00. The number of aryl methyl sites for hydroxylation is 1. The Labute approximate surface area is 113 Å². The molecule has 0 fully saturated rings. The van der Waals surface area contributed by atoms with Crippen LogP contribution in [0.4, 0.5) is 0 Å². The van der Waals surface area contributed by atoms with Crippen LogP contribution in [-0.2, 0) is 6.42 Å². The monoisotopic (exact) mass is 308 g/mol. The average Bonchev–Trinajstić information content (AvgIpc) is 2.68. The third-order valence-corrected chi connectivity index (χ3v) is 3.49. The Morgan fingerprint density at radius 3 is 2.78 bits per heavy atom. The summed E-state index contributed by atoms with van der Waals surface area (Å²) in [6.45, 7) is 3.18. The first-order chi connectivity index (χ1) is 8.72. The Morgan fingerprint density at radius 2 is 2.06 bits per heavy atom. The molecular weight excluding hydrogens is 296 g/mol. The molecule has 0 unspecified atom stereocenters. The molecule has 0 atom stereocenters. The Hall–Kier alpha value is -1.49. The summed E-state index contributed by atoms with van der Waals surface area (Å²) in [7, 11) is 0. The zero-order chi connectivity index (χ0) is 12.5. The van der Waals surface area contributed by atoms with E-state index in [1.807, 2.05) is 19.1 Å². The number of nitrogens with one attached hydrogen (secondary N) is 1. The van der Waals surface area contributed by atoms with Crippen LogP contribution in [-0.4, -0.2) is 23.2 Å². The van der Waals surface area contributed by atoms with Crippen LogP contribution in [0.2, 0.25) is 0 Å². The van der Waals surface area contributed by atoms with Crippen molar-refractivity contribution in [1.82, 2.24) is 9.97 Å². The van der Waals surface area contributed by atoms with Crippen molar-refractivity contribution in [3.63, 3.8) is 0 Å². The first-order valence-electron chi connectivity index (χ1n) is 5.82. The second-order valence-electron chi connectivity index (χ2n) is 4.25. The van der Waals surface area contributed by atoms with Crippen molar-refractivity contribution in [2.75, 3.05) is 13.2 Å².